The molecule has 0 fully saturated rings. The number of H-pyrrole nitrogens is 1. The Hall–Kier alpha value is -3.03. The number of aromatic amines is 1. The summed E-state index contributed by atoms with van der Waals surface area (Å²) in [6.07, 6.45) is 5.23. The number of rotatable bonds is 3. The summed E-state index contributed by atoms with van der Waals surface area (Å²) in [7, 11) is 0. The topological polar surface area (TPSA) is 75.9 Å². The molecule has 4 heterocycles. The van der Waals surface area contributed by atoms with Crippen molar-refractivity contribution in [3.05, 3.63) is 80.3 Å². The average Bonchev–Trinajstić information content (AvgIpc) is 3.31. The van der Waals surface area contributed by atoms with Crippen molar-refractivity contribution in [2.45, 2.75) is 20.0 Å². The molecule has 7 nitrogen and oxygen atoms in total. The lowest BCUT2D eigenvalue weighted by atomic mass is 10.1. The summed E-state index contributed by atoms with van der Waals surface area (Å²) >= 11 is 12.4. The standard InChI is InChI=1S/C21H17Cl2N5O2/c1-12-9-27(11-25-12)17-2-3-18-20(29)26(4-5-28(18)21(17)30)10-13-8-24-19-15(13)6-14(22)7-16(19)23/h2-3,6-9,11,24H,4-5,10H2,1H3. The van der Waals surface area contributed by atoms with Crippen LogP contribution in [0.5, 0.6) is 0 Å². The van der Waals surface area contributed by atoms with Crippen LogP contribution in [0.3, 0.4) is 0 Å². The summed E-state index contributed by atoms with van der Waals surface area (Å²) in [5.74, 6) is -0.186. The molecule has 0 radical (unpaired) electrons. The van der Waals surface area contributed by atoms with Gasteiger partial charge in [0.05, 0.1) is 22.6 Å². The Morgan fingerprint density at radius 1 is 1.17 bits per heavy atom. The van der Waals surface area contributed by atoms with Crippen LogP contribution >= 0.6 is 23.2 Å². The van der Waals surface area contributed by atoms with E-state index in [1.807, 2.05) is 19.2 Å². The predicted molar refractivity (Wildman–Crippen MR) is 116 cm³/mol. The van der Waals surface area contributed by atoms with Crippen LogP contribution in [0.2, 0.25) is 10.0 Å². The number of aromatic nitrogens is 4. The molecule has 0 aliphatic carbocycles. The van der Waals surface area contributed by atoms with Crippen LogP contribution in [0.4, 0.5) is 0 Å². The number of carbonyl (C=O) groups is 1. The highest BCUT2D eigenvalue weighted by Gasteiger charge is 2.27. The van der Waals surface area contributed by atoms with E-state index in [4.69, 9.17) is 23.2 Å². The molecule has 1 aliphatic rings. The van der Waals surface area contributed by atoms with Gasteiger partial charge >= 0.3 is 0 Å². The number of nitrogens with zero attached hydrogens (tertiary/aromatic N) is 4. The van der Waals surface area contributed by atoms with Crippen LogP contribution < -0.4 is 5.56 Å². The maximum absolute atomic E-state index is 13.1. The number of hydrogen-bond acceptors (Lipinski definition) is 3. The zero-order chi connectivity index (χ0) is 21.0. The number of hydrogen-bond donors (Lipinski definition) is 1. The fourth-order valence-corrected chi connectivity index (χ4v) is 4.46. The molecule has 3 aromatic heterocycles. The maximum atomic E-state index is 13.1. The van der Waals surface area contributed by atoms with Crippen LogP contribution in [0, 0.1) is 6.92 Å². The van der Waals surface area contributed by atoms with Gasteiger partial charge in [-0.1, -0.05) is 23.2 Å². The Morgan fingerprint density at radius 2 is 2.00 bits per heavy atom. The van der Waals surface area contributed by atoms with Gasteiger partial charge in [0, 0.05) is 42.4 Å². The van der Waals surface area contributed by atoms with Crippen molar-refractivity contribution in [2.75, 3.05) is 6.54 Å². The van der Waals surface area contributed by atoms with Gasteiger partial charge in [0.25, 0.3) is 11.5 Å². The largest absolute Gasteiger partial charge is 0.360 e. The van der Waals surface area contributed by atoms with Crippen LogP contribution in [0.1, 0.15) is 21.7 Å². The predicted octanol–water partition coefficient (Wildman–Crippen LogP) is 3.79. The molecule has 0 unspecified atom stereocenters. The lowest BCUT2D eigenvalue weighted by Crippen LogP contribution is -2.44. The van der Waals surface area contributed by atoms with Gasteiger partial charge < -0.3 is 19.0 Å². The second kappa shape index (κ2) is 7.04. The van der Waals surface area contributed by atoms with E-state index < -0.39 is 0 Å². The zero-order valence-corrected chi connectivity index (χ0v) is 17.5. The number of amides is 1. The SMILES string of the molecule is Cc1cn(-c2ccc3n(c2=O)CCN(Cc2c[nH]c4c(Cl)cc(Cl)cc24)C3=O)cn1. The molecule has 1 aliphatic heterocycles. The number of nitrogens with one attached hydrogen (secondary N) is 1. The van der Waals surface area contributed by atoms with Crippen molar-refractivity contribution in [1.29, 1.82) is 0 Å². The Labute approximate surface area is 181 Å². The molecule has 9 heteroatoms. The highest BCUT2D eigenvalue weighted by Crippen LogP contribution is 2.30. The first-order valence-corrected chi connectivity index (χ1v) is 10.2. The monoisotopic (exact) mass is 441 g/mol. The van der Waals surface area contributed by atoms with Crippen LogP contribution in [-0.4, -0.2) is 36.5 Å². The molecular formula is C21H17Cl2N5O2. The van der Waals surface area contributed by atoms with Gasteiger partial charge in [-0.3, -0.25) is 9.59 Å². The fourth-order valence-electron chi connectivity index (χ4n) is 3.91. The van der Waals surface area contributed by atoms with Crippen LogP contribution in [0.25, 0.3) is 16.6 Å². The van der Waals surface area contributed by atoms with E-state index in [9.17, 15) is 9.59 Å². The molecule has 0 saturated carbocycles. The summed E-state index contributed by atoms with van der Waals surface area (Å²) in [5, 5.41) is 1.96. The number of aryl methyl sites for hydroxylation is 1. The normalized spacial score (nSPS) is 13.8. The van der Waals surface area contributed by atoms with Gasteiger partial charge in [0.15, 0.2) is 0 Å². The quantitative estimate of drug-likeness (QED) is 0.525. The van der Waals surface area contributed by atoms with Crippen molar-refractivity contribution < 1.29 is 4.79 Å². The average molecular weight is 442 g/mol. The van der Waals surface area contributed by atoms with Gasteiger partial charge in [0.2, 0.25) is 0 Å². The third-order valence-corrected chi connectivity index (χ3v) is 5.91. The van der Waals surface area contributed by atoms with Gasteiger partial charge in [-0.15, -0.1) is 0 Å². The smallest absolute Gasteiger partial charge is 0.275 e. The third kappa shape index (κ3) is 3.02. The summed E-state index contributed by atoms with van der Waals surface area (Å²) in [5.41, 5.74) is 3.17. The molecule has 0 bridgehead atoms. The number of imidazole rings is 1. The van der Waals surface area contributed by atoms with Gasteiger partial charge in [-0.2, -0.15) is 0 Å². The zero-order valence-electron chi connectivity index (χ0n) is 16.0. The highest BCUT2D eigenvalue weighted by atomic mass is 35.5. The minimum absolute atomic E-state index is 0.186. The van der Waals surface area contributed by atoms with E-state index in [0.717, 1.165) is 22.2 Å². The minimum atomic E-state index is -0.205. The molecule has 152 valence electrons. The van der Waals surface area contributed by atoms with E-state index >= 15 is 0 Å². The van der Waals surface area contributed by atoms with E-state index in [2.05, 4.69) is 9.97 Å². The van der Waals surface area contributed by atoms with Crippen molar-refractivity contribution in [2.24, 2.45) is 0 Å². The first-order chi connectivity index (χ1) is 14.4. The summed E-state index contributed by atoms with van der Waals surface area (Å²) in [6.45, 7) is 3.11. The van der Waals surface area contributed by atoms with E-state index in [-0.39, 0.29) is 11.5 Å². The summed E-state index contributed by atoms with van der Waals surface area (Å²) < 4.78 is 3.22. The Balaban J connectivity index is 1.48. The van der Waals surface area contributed by atoms with Crippen LogP contribution in [0.15, 0.2) is 47.8 Å². The fraction of sp³-hybridized carbons (Fsp3) is 0.190. The van der Waals surface area contributed by atoms with Gasteiger partial charge in [-0.25, -0.2) is 4.98 Å². The Bertz CT molecular complexity index is 1370. The van der Waals surface area contributed by atoms with E-state index in [0.29, 0.717) is 41.1 Å². The van der Waals surface area contributed by atoms with Crippen LogP contribution in [-0.2, 0) is 13.1 Å². The molecule has 1 N–H and O–H groups in total. The van der Waals surface area contributed by atoms with E-state index in [1.54, 1.807) is 40.2 Å². The molecule has 30 heavy (non-hydrogen) atoms. The van der Waals surface area contributed by atoms with Crippen molar-refractivity contribution in [3.8, 4) is 5.69 Å². The number of benzene rings is 1. The maximum Gasteiger partial charge on any atom is 0.275 e. The van der Waals surface area contributed by atoms with Crippen molar-refractivity contribution >= 4 is 40.0 Å². The Morgan fingerprint density at radius 3 is 2.77 bits per heavy atom. The third-order valence-electron chi connectivity index (χ3n) is 5.40. The molecule has 4 aromatic rings. The van der Waals surface area contributed by atoms with Crippen molar-refractivity contribution in [3.63, 3.8) is 0 Å². The molecular weight excluding hydrogens is 425 g/mol. The molecule has 1 aromatic carbocycles. The highest BCUT2D eigenvalue weighted by molar-refractivity contribution is 6.38. The molecule has 0 atom stereocenters. The number of pyridine rings is 1. The lowest BCUT2D eigenvalue weighted by molar-refractivity contribution is 0.0687. The van der Waals surface area contributed by atoms with Crippen molar-refractivity contribution in [1.82, 2.24) is 24.0 Å². The molecule has 0 saturated heterocycles. The Kier molecular flexibility index (Phi) is 4.45. The van der Waals surface area contributed by atoms with Gasteiger partial charge in [0.1, 0.15) is 11.4 Å². The second-order valence-electron chi connectivity index (χ2n) is 7.33. The molecule has 1 amide bonds. The first-order valence-electron chi connectivity index (χ1n) is 9.41. The van der Waals surface area contributed by atoms with Gasteiger partial charge in [-0.05, 0) is 36.8 Å². The molecule has 0 spiro atoms. The molecule has 5 rings (SSSR count). The first kappa shape index (κ1) is 19.0. The number of fused-ring (bicyclic) bond motifs is 2. The minimum Gasteiger partial charge on any atom is -0.360 e. The second-order valence-corrected chi connectivity index (χ2v) is 8.18. The number of carbonyl (C=O) groups excluding carboxylic acids is 1. The summed E-state index contributed by atoms with van der Waals surface area (Å²) in [6, 6.07) is 6.88. The number of halogens is 2. The lowest BCUT2D eigenvalue weighted by Gasteiger charge is -2.29. The summed E-state index contributed by atoms with van der Waals surface area (Å²) in [4.78, 5) is 35.1. The van der Waals surface area contributed by atoms with E-state index in [1.165, 1.54) is 4.57 Å².